The zero-order chi connectivity index (χ0) is 20.7. The average Bonchev–Trinajstić information content (AvgIpc) is 2.68. The van der Waals surface area contributed by atoms with Crippen LogP contribution in [0.1, 0.15) is 18.9 Å². The van der Waals surface area contributed by atoms with E-state index in [9.17, 15) is 9.59 Å². The molecule has 0 aliphatic rings. The molecule has 1 N–H and O–H groups in total. The summed E-state index contributed by atoms with van der Waals surface area (Å²) in [4.78, 5) is 26.7. The van der Waals surface area contributed by atoms with E-state index in [1.165, 1.54) is 11.9 Å². The van der Waals surface area contributed by atoms with Crippen molar-refractivity contribution in [3.05, 3.63) is 63.1 Å². The first kappa shape index (κ1) is 22.3. The number of nitrogens with zero attached hydrogens (tertiary/aromatic N) is 1. The van der Waals surface area contributed by atoms with Crippen LogP contribution < -0.4 is 10.1 Å². The van der Waals surface area contributed by atoms with Gasteiger partial charge in [-0.3, -0.25) is 9.59 Å². The molecule has 0 heterocycles. The highest BCUT2D eigenvalue weighted by Crippen LogP contribution is 2.27. The smallest absolute Gasteiger partial charge is 0.261 e. The van der Waals surface area contributed by atoms with Gasteiger partial charge in [0.1, 0.15) is 11.8 Å². The Labute approximate surface area is 179 Å². The Kier molecular flexibility index (Phi) is 8.42. The van der Waals surface area contributed by atoms with E-state index < -0.39 is 6.04 Å². The van der Waals surface area contributed by atoms with Crippen LogP contribution in [0.2, 0.25) is 15.1 Å². The third-order valence-corrected chi connectivity index (χ3v) is 5.12. The molecule has 0 bridgehead atoms. The van der Waals surface area contributed by atoms with Crippen LogP contribution in [0.5, 0.6) is 5.75 Å². The van der Waals surface area contributed by atoms with Gasteiger partial charge in [-0.05, 0) is 36.8 Å². The molecule has 150 valence electrons. The molecule has 5 nitrogen and oxygen atoms in total. The van der Waals surface area contributed by atoms with Crippen molar-refractivity contribution in [2.45, 2.75) is 25.9 Å². The minimum absolute atomic E-state index is 0.0855. The first-order chi connectivity index (χ1) is 13.4. The predicted molar refractivity (Wildman–Crippen MR) is 112 cm³/mol. The van der Waals surface area contributed by atoms with Crippen molar-refractivity contribution >= 4 is 46.6 Å². The fourth-order valence-electron chi connectivity index (χ4n) is 2.72. The molecular weight excluding hydrogens is 423 g/mol. The Hall–Kier alpha value is -1.95. The molecule has 2 aromatic carbocycles. The Balaban J connectivity index is 2.26. The van der Waals surface area contributed by atoms with Crippen molar-refractivity contribution in [2.75, 3.05) is 13.7 Å². The second kappa shape index (κ2) is 10.6. The average molecular weight is 444 g/mol. The van der Waals surface area contributed by atoms with Crippen LogP contribution in [0.3, 0.4) is 0 Å². The number of benzene rings is 2. The van der Waals surface area contributed by atoms with E-state index >= 15 is 0 Å². The molecule has 0 aliphatic carbocycles. The summed E-state index contributed by atoms with van der Waals surface area (Å²) in [6.45, 7) is 1.66. The molecule has 8 heteroatoms. The molecule has 2 rings (SSSR count). The monoisotopic (exact) mass is 442 g/mol. The molecule has 0 aliphatic heterocycles. The van der Waals surface area contributed by atoms with Gasteiger partial charge in [0.25, 0.3) is 5.91 Å². The molecule has 2 amide bonds. The van der Waals surface area contributed by atoms with Crippen LogP contribution in [0.15, 0.2) is 42.5 Å². The number of carbonyl (C=O) groups excluding carboxylic acids is 2. The van der Waals surface area contributed by atoms with Gasteiger partial charge in [-0.15, -0.1) is 0 Å². The van der Waals surface area contributed by atoms with Gasteiger partial charge in [0.15, 0.2) is 6.61 Å². The molecule has 0 aromatic heterocycles. The van der Waals surface area contributed by atoms with Gasteiger partial charge >= 0.3 is 0 Å². The van der Waals surface area contributed by atoms with Crippen LogP contribution in [0.25, 0.3) is 0 Å². The van der Waals surface area contributed by atoms with Crippen LogP contribution >= 0.6 is 34.8 Å². The van der Waals surface area contributed by atoms with Crippen molar-refractivity contribution in [1.29, 1.82) is 0 Å². The summed E-state index contributed by atoms with van der Waals surface area (Å²) in [5.74, 6) is -0.183. The molecule has 28 heavy (non-hydrogen) atoms. The highest BCUT2D eigenvalue weighted by Gasteiger charge is 2.29. The lowest BCUT2D eigenvalue weighted by Crippen LogP contribution is -2.49. The molecule has 0 radical (unpaired) electrons. The largest absolute Gasteiger partial charge is 0.484 e. The zero-order valence-corrected chi connectivity index (χ0v) is 17.8. The van der Waals surface area contributed by atoms with Gasteiger partial charge in [-0.25, -0.2) is 0 Å². The summed E-state index contributed by atoms with van der Waals surface area (Å²) in [7, 11) is 1.53. The number of hydrogen-bond acceptors (Lipinski definition) is 3. The summed E-state index contributed by atoms with van der Waals surface area (Å²) >= 11 is 18.5. The quantitative estimate of drug-likeness (QED) is 0.650. The van der Waals surface area contributed by atoms with Crippen LogP contribution in [0.4, 0.5) is 0 Å². The van der Waals surface area contributed by atoms with Crippen molar-refractivity contribution in [3.8, 4) is 5.75 Å². The molecule has 0 spiro atoms. The maximum absolute atomic E-state index is 13.0. The van der Waals surface area contributed by atoms with E-state index in [1.807, 2.05) is 6.92 Å². The van der Waals surface area contributed by atoms with Gasteiger partial charge in [-0.1, -0.05) is 53.9 Å². The normalized spacial score (nSPS) is 11.6. The highest BCUT2D eigenvalue weighted by atomic mass is 35.5. The summed E-state index contributed by atoms with van der Waals surface area (Å²) < 4.78 is 5.56. The third kappa shape index (κ3) is 5.77. The van der Waals surface area contributed by atoms with E-state index in [-0.39, 0.29) is 25.0 Å². The number of carbonyl (C=O) groups is 2. The molecular formula is C20H21Cl3N2O3. The Bertz CT molecular complexity index is 825. The summed E-state index contributed by atoms with van der Waals surface area (Å²) in [5, 5.41) is 3.94. The number of likely N-dealkylation sites (N-methyl/N-ethyl adjacent to an activating group) is 1. The van der Waals surface area contributed by atoms with Crippen LogP contribution in [0, 0.1) is 0 Å². The van der Waals surface area contributed by atoms with Gasteiger partial charge in [0.2, 0.25) is 5.91 Å². The van der Waals surface area contributed by atoms with Crippen molar-refractivity contribution in [2.24, 2.45) is 0 Å². The molecule has 1 unspecified atom stereocenters. The fraction of sp³-hybridized carbons (Fsp3) is 0.300. The first-order valence-electron chi connectivity index (χ1n) is 8.69. The van der Waals surface area contributed by atoms with Crippen molar-refractivity contribution in [3.63, 3.8) is 0 Å². The first-order valence-corrected chi connectivity index (χ1v) is 9.83. The number of rotatable bonds is 8. The Morgan fingerprint density at radius 1 is 1.11 bits per heavy atom. The summed E-state index contributed by atoms with van der Waals surface area (Å²) in [5.41, 5.74) is 0.573. The molecule has 0 saturated carbocycles. The molecule has 1 atom stereocenters. The highest BCUT2D eigenvalue weighted by molar-refractivity contribution is 6.36. The SMILES string of the molecule is CCC(C(=O)NC)N(Cc1c(Cl)cccc1Cl)C(=O)COc1cccc(Cl)c1. The minimum atomic E-state index is -0.687. The maximum Gasteiger partial charge on any atom is 0.261 e. The lowest BCUT2D eigenvalue weighted by atomic mass is 10.1. The predicted octanol–water partition coefficient (Wildman–Crippen LogP) is 4.58. The van der Waals surface area contributed by atoms with Crippen molar-refractivity contribution < 1.29 is 14.3 Å². The van der Waals surface area contributed by atoms with Crippen LogP contribution in [-0.2, 0) is 16.1 Å². The topological polar surface area (TPSA) is 58.6 Å². The lowest BCUT2D eigenvalue weighted by Gasteiger charge is -2.30. The standard InChI is InChI=1S/C20H21Cl3N2O3/c1-3-18(20(27)24-2)25(11-15-16(22)8-5-9-17(15)23)19(26)12-28-14-7-4-6-13(21)10-14/h4-10,18H,3,11-12H2,1-2H3,(H,24,27). The van der Waals surface area contributed by atoms with Crippen molar-refractivity contribution in [1.82, 2.24) is 10.2 Å². The minimum Gasteiger partial charge on any atom is -0.484 e. The van der Waals surface area contributed by atoms with E-state index in [2.05, 4.69) is 5.32 Å². The second-order valence-corrected chi connectivity index (χ2v) is 7.26. The molecule has 0 saturated heterocycles. The number of hydrogen-bond donors (Lipinski definition) is 1. The van der Waals surface area contributed by atoms with Gasteiger partial charge in [0.05, 0.1) is 0 Å². The summed E-state index contributed by atoms with van der Waals surface area (Å²) in [6, 6.07) is 11.2. The second-order valence-electron chi connectivity index (χ2n) is 6.01. The van der Waals surface area contributed by atoms with Gasteiger partial charge < -0.3 is 15.0 Å². The van der Waals surface area contributed by atoms with E-state index in [1.54, 1.807) is 42.5 Å². The lowest BCUT2D eigenvalue weighted by molar-refractivity contribution is -0.142. The molecule has 2 aromatic rings. The van der Waals surface area contributed by atoms with E-state index in [0.29, 0.717) is 32.8 Å². The zero-order valence-electron chi connectivity index (χ0n) is 15.5. The number of nitrogens with one attached hydrogen (secondary N) is 1. The Morgan fingerprint density at radius 2 is 1.75 bits per heavy atom. The number of amides is 2. The van der Waals surface area contributed by atoms with Crippen LogP contribution in [-0.4, -0.2) is 36.4 Å². The summed E-state index contributed by atoms with van der Waals surface area (Å²) in [6.07, 6.45) is 0.421. The fourth-order valence-corrected chi connectivity index (χ4v) is 3.42. The van der Waals surface area contributed by atoms with Gasteiger partial charge in [0, 0.05) is 34.2 Å². The molecule has 0 fully saturated rings. The van der Waals surface area contributed by atoms with E-state index in [0.717, 1.165) is 0 Å². The van der Waals surface area contributed by atoms with E-state index in [4.69, 9.17) is 39.5 Å². The third-order valence-electron chi connectivity index (χ3n) is 4.18. The number of ether oxygens (including phenoxy) is 1. The van der Waals surface area contributed by atoms with Gasteiger partial charge in [-0.2, -0.15) is 0 Å². The maximum atomic E-state index is 13.0. The number of halogens is 3. The Morgan fingerprint density at radius 3 is 2.32 bits per heavy atom.